The number of piperidine rings is 1. The summed E-state index contributed by atoms with van der Waals surface area (Å²) in [6.45, 7) is 3.91. The number of ether oxygens (including phenoxy) is 1. The molecule has 0 spiro atoms. The Morgan fingerprint density at radius 1 is 1.58 bits per heavy atom. The molecule has 4 nitrogen and oxygen atoms in total. The number of nitrogens with one attached hydrogen (secondary N) is 1. The third-order valence-corrected chi connectivity index (χ3v) is 3.14. The van der Waals surface area contributed by atoms with Crippen molar-refractivity contribution in [1.82, 2.24) is 4.90 Å². The second kappa shape index (κ2) is 6.52. The lowest BCUT2D eigenvalue weighted by atomic mass is 10.1. The van der Waals surface area contributed by atoms with E-state index < -0.39 is 0 Å². The summed E-state index contributed by atoms with van der Waals surface area (Å²) >= 11 is 0. The van der Waals surface area contributed by atoms with Crippen LogP contribution in [0.4, 0.5) is 14.9 Å². The van der Waals surface area contributed by atoms with Gasteiger partial charge in [0.1, 0.15) is 5.82 Å². The molecule has 5 heteroatoms. The van der Waals surface area contributed by atoms with Gasteiger partial charge in [0.15, 0.2) is 0 Å². The van der Waals surface area contributed by atoms with Crippen LogP contribution in [0.25, 0.3) is 0 Å². The SMILES string of the molecule is CCOC1CCCN(C(=O)Nc2cccc(F)c2)C1. The van der Waals surface area contributed by atoms with Gasteiger partial charge in [-0.1, -0.05) is 6.07 Å². The molecule has 2 rings (SSSR count). The molecular formula is C14H19FN2O2. The number of halogens is 1. The van der Waals surface area contributed by atoms with E-state index in [1.165, 1.54) is 12.1 Å². The van der Waals surface area contributed by atoms with Gasteiger partial charge in [-0.2, -0.15) is 0 Å². The standard InChI is InChI=1S/C14H19FN2O2/c1-2-19-13-7-4-8-17(10-13)14(18)16-12-6-3-5-11(15)9-12/h3,5-6,9,13H,2,4,7-8,10H2,1H3,(H,16,18). The van der Waals surface area contributed by atoms with Crippen molar-refractivity contribution in [3.63, 3.8) is 0 Å². The Morgan fingerprint density at radius 3 is 3.16 bits per heavy atom. The molecule has 0 saturated carbocycles. The second-order valence-electron chi connectivity index (χ2n) is 4.61. The van der Waals surface area contributed by atoms with Crippen LogP contribution in [0.2, 0.25) is 0 Å². The van der Waals surface area contributed by atoms with E-state index in [0.29, 0.717) is 25.4 Å². The fraction of sp³-hybridized carbons (Fsp3) is 0.500. The Hall–Kier alpha value is -1.62. The minimum atomic E-state index is -0.358. The van der Waals surface area contributed by atoms with E-state index in [2.05, 4.69) is 5.32 Å². The molecular weight excluding hydrogens is 247 g/mol. The fourth-order valence-electron chi connectivity index (χ4n) is 2.26. The average Bonchev–Trinajstić information content (AvgIpc) is 2.39. The Kier molecular flexibility index (Phi) is 4.74. The van der Waals surface area contributed by atoms with Crippen molar-refractivity contribution in [2.24, 2.45) is 0 Å². The maximum absolute atomic E-state index is 13.0. The molecule has 1 aromatic carbocycles. The number of benzene rings is 1. The average molecular weight is 266 g/mol. The molecule has 19 heavy (non-hydrogen) atoms. The number of carbonyl (C=O) groups excluding carboxylic acids is 1. The monoisotopic (exact) mass is 266 g/mol. The summed E-state index contributed by atoms with van der Waals surface area (Å²) < 4.78 is 18.6. The van der Waals surface area contributed by atoms with Gasteiger partial charge in [-0.15, -0.1) is 0 Å². The number of rotatable bonds is 3. The van der Waals surface area contributed by atoms with Crippen LogP contribution in [0.1, 0.15) is 19.8 Å². The number of amides is 2. The molecule has 1 atom stereocenters. The maximum Gasteiger partial charge on any atom is 0.321 e. The van der Waals surface area contributed by atoms with E-state index in [4.69, 9.17) is 4.74 Å². The molecule has 0 radical (unpaired) electrons. The number of hydrogen-bond acceptors (Lipinski definition) is 2. The van der Waals surface area contributed by atoms with E-state index in [9.17, 15) is 9.18 Å². The predicted molar refractivity (Wildman–Crippen MR) is 71.6 cm³/mol. The smallest absolute Gasteiger partial charge is 0.321 e. The maximum atomic E-state index is 13.0. The molecule has 1 aliphatic heterocycles. The third-order valence-electron chi connectivity index (χ3n) is 3.14. The first-order valence-electron chi connectivity index (χ1n) is 6.62. The van der Waals surface area contributed by atoms with E-state index in [-0.39, 0.29) is 18.0 Å². The van der Waals surface area contributed by atoms with Crippen LogP contribution in [-0.2, 0) is 4.74 Å². The van der Waals surface area contributed by atoms with Crippen LogP contribution in [0.15, 0.2) is 24.3 Å². The zero-order valence-corrected chi connectivity index (χ0v) is 11.1. The number of hydrogen-bond donors (Lipinski definition) is 1. The van der Waals surface area contributed by atoms with Crippen LogP contribution >= 0.6 is 0 Å². The topological polar surface area (TPSA) is 41.6 Å². The van der Waals surface area contributed by atoms with E-state index in [0.717, 1.165) is 12.8 Å². The molecule has 1 N–H and O–H groups in total. The zero-order chi connectivity index (χ0) is 13.7. The molecule has 1 unspecified atom stereocenters. The Balaban J connectivity index is 1.92. The lowest BCUT2D eigenvalue weighted by molar-refractivity contribution is 0.0181. The number of carbonyl (C=O) groups is 1. The quantitative estimate of drug-likeness (QED) is 0.914. The minimum Gasteiger partial charge on any atom is -0.377 e. The molecule has 1 saturated heterocycles. The van der Waals surface area contributed by atoms with Crippen molar-refractivity contribution < 1.29 is 13.9 Å². The highest BCUT2D eigenvalue weighted by molar-refractivity contribution is 5.89. The summed E-state index contributed by atoms with van der Waals surface area (Å²) in [5.41, 5.74) is 0.475. The molecule has 0 aliphatic carbocycles. The molecule has 0 bridgehead atoms. The van der Waals surface area contributed by atoms with Gasteiger partial charge in [-0.05, 0) is 38.0 Å². The Morgan fingerprint density at radius 2 is 2.42 bits per heavy atom. The summed E-state index contributed by atoms with van der Waals surface area (Å²) in [4.78, 5) is 13.8. The van der Waals surface area contributed by atoms with Gasteiger partial charge in [0, 0.05) is 25.4 Å². The number of likely N-dealkylation sites (tertiary alicyclic amines) is 1. The number of urea groups is 1. The summed E-state index contributed by atoms with van der Waals surface area (Å²) in [7, 11) is 0. The van der Waals surface area contributed by atoms with Crippen molar-refractivity contribution in [2.45, 2.75) is 25.9 Å². The van der Waals surface area contributed by atoms with Gasteiger partial charge in [0.2, 0.25) is 0 Å². The lowest BCUT2D eigenvalue weighted by Gasteiger charge is -2.32. The third kappa shape index (κ3) is 3.92. The highest BCUT2D eigenvalue weighted by Crippen LogP contribution is 2.15. The Labute approximate surface area is 112 Å². The van der Waals surface area contributed by atoms with Gasteiger partial charge in [-0.25, -0.2) is 9.18 Å². The predicted octanol–water partition coefficient (Wildman–Crippen LogP) is 2.86. The summed E-state index contributed by atoms with van der Waals surface area (Å²) in [6.07, 6.45) is 2.02. The zero-order valence-electron chi connectivity index (χ0n) is 11.1. The molecule has 1 heterocycles. The first-order valence-corrected chi connectivity index (χ1v) is 6.62. The molecule has 1 fully saturated rings. The largest absolute Gasteiger partial charge is 0.377 e. The summed E-state index contributed by atoms with van der Waals surface area (Å²) in [5.74, 6) is -0.358. The van der Waals surface area contributed by atoms with Gasteiger partial charge in [0.25, 0.3) is 0 Å². The minimum absolute atomic E-state index is 0.108. The van der Waals surface area contributed by atoms with Crippen LogP contribution in [0.3, 0.4) is 0 Å². The van der Waals surface area contributed by atoms with Crippen LogP contribution in [-0.4, -0.2) is 36.7 Å². The highest BCUT2D eigenvalue weighted by Gasteiger charge is 2.23. The van der Waals surface area contributed by atoms with Gasteiger partial charge >= 0.3 is 6.03 Å². The van der Waals surface area contributed by atoms with E-state index in [1.807, 2.05) is 6.92 Å². The molecule has 2 amide bonds. The Bertz CT molecular complexity index is 437. The van der Waals surface area contributed by atoms with E-state index >= 15 is 0 Å². The van der Waals surface area contributed by atoms with Gasteiger partial charge in [0.05, 0.1) is 6.10 Å². The molecule has 1 aliphatic rings. The first-order chi connectivity index (χ1) is 9.19. The first kappa shape index (κ1) is 13.8. The fourth-order valence-corrected chi connectivity index (χ4v) is 2.26. The lowest BCUT2D eigenvalue weighted by Crippen LogP contribution is -2.45. The van der Waals surface area contributed by atoms with Crippen LogP contribution in [0, 0.1) is 5.82 Å². The van der Waals surface area contributed by atoms with Crippen molar-refractivity contribution in [2.75, 3.05) is 25.0 Å². The van der Waals surface area contributed by atoms with Gasteiger partial charge < -0.3 is 15.0 Å². The number of nitrogens with zero attached hydrogens (tertiary/aromatic N) is 1. The summed E-state index contributed by atoms with van der Waals surface area (Å²) in [5, 5.41) is 2.71. The van der Waals surface area contributed by atoms with Crippen molar-refractivity contribution in [3.8, 4) is 0 Å². The van der Waals surface area contributed by atoms with Crippen molar-refractivity contribution in [1.29, 1.82) is 0 Å². The summed E-state index contributed by atoms with van der Waals surface area (Å²) in [6, 6.07) is 5.70. The van der Waals surface area contributed by atoms with Crippen molar-refractivity contribution >= 4 is 11.7 Å². The van der Waals surface area contributed by atoms with Gasteiger partial charge in [-0.3, -0.25) is 0 Å². The van der Waals surface area contributed by atoms with Crippen LogP contribution in [0.5, 0.6) is 0 Å². The van der Waals surface area contributed by atoms with E-state index in [1.54, 1.807) is 17.0 Å². The molecule has 104 valence electrons. The van der Waals surface area contributed by atoms with Crippen LogP contribution < -0.4 is 5.32 Å². The molecule has 1 aromatic rings. The van der Waals surface area contributed by atoms with Crippen molar-refractivity contribution in [3.05, 3.63) is 30.1 Å². The second-order valence-corrected chi connectivity index (χ2v) is 4.61. The normalized spacial score (nSPS) is 19.3. The molecule has 0 aromatic heterocycles. The number of anilines is 1. The highest BCUT2D eigenvalue weighted by atomic mass is 19.1.